The summed E-state index contributed by atoms with van der Waals surface area (Å²) in [7, 11) is 0. The van der Waals surface area contributed by atoms with E-state index in [1.807, 2.05) is 0 Å². The molecule has 0 spiro atoms. The van der Waals surface area contributed by atoms with E-state index >= 15 is 0 Å². The molecule has 0 aliphatic rings. The molecule has 1 rings (SSSR count). The smallest absolute Gasteiger partial charge is 0.306 e. The maximum atomic E-state index is 10.7. The number of nitrogens with zero attached hydrogens (tertiary/aromatic N) is 1. The highest BCUT2D eigenvalue weighted by Gasteiger charge is 2.23. The lowest BCUT2D eigenvalue weighted by Crippen LogP contribution is -2.09. The lowest BCUT2D eigenvalue weighted by atomic mass is 9.99. The van der Waals surface area contributed by atoms with Gasteiger partial charge in [-0.3, -0.25) is 14.9 Å². The lowest BCUT2D eigenvalue weighted by Gasteiger charge is -2.11. The molecule has 0 fully saturated rings. The minimum atomic E-state index is -1.36. The molecule has 2 N–H and O–H groups in total. The van der Waals surface area contributed by atoms with Gasteiger partial charge in [0.25, 0.3) is 5.69 Å². The fourth-order valence-electron chi connectivity index (χ4n) is 1.53. The summed E-state index contributed by atoms with van der Waals surface area (Å²) < 4.78 is 0. The highest BCUT2D eigenvalue weighted by molar-refractivity contribution is 5.68. The van der Waals surface area contributed by atoms with Crippen LogP contribution in [0, 0.1) is 17.0 Å². The second kappa shape index (κ2) is 4.71. The van der Waals surface area contributed by atoms with E-state index in [2.05, 4.69) is 0 Å². The van der Waals surface area contributed by atoms with Gasteiger partial charge in [0.2, 0.25) is 0 Å². The van der Waals surface area contributed by atoms with Crippen LogP contribution in [0.15, 0.2) is 18.2 Å². The van der Waals surface area contributed by atoms with E-state index in [-0.39, 0.29) is 11.3 Å². The highest BCUT2D eigenvalue weighted by atomic mass is 16.6. The standard InChI is InChI=1S/C10H11NO5/c1-6-3-2-4-7(11(15)16)10(6)8(12)5-9(13)14/h2-4,8,12H,5H2,1H3,(H,13,14). The summed E-state index contributed by atoms with van der Waals surface area (Å²) in [5.41, 5.74) is 0.312. The first-order valence-corrected chi connectivity index (χ1v) is 4.57. The third-order valence-corrected chi connectivity index (χ3v) is 2.20. The van der Waals surface area contributed by atoms with Crippen molar-refractivity contribution in [3.8, 4) is 0 Å². The second-order valence-electron chi connectivity index (χ2n) is 3.38. The van der Waals surface area contributed by atoms with Gasteiger partial charge in [-0.2, -0.15) is 0 Å². The summed E-state index contributed by atoms with van der Waals surface area (Å²) in [4.78, 5) is 20.5. The number of aliphatic hydroxyl groups is 1. The first-order valence-electron chi connectivity index (χ1n) is 4.57. The van der Waals surface area contributed by atoms with Crippen LogP contribution in [0.2, 0.25) is 0 Å². The third-order valence-electron chi connectivity index (χ3n) is 2.20. The van der Waals surface area contributed by atoms with Gasteiger partial charge in [0.1, 0.15) is 0 Å². The van der Waals surface area contributed by atoms with Crippen LogP contribution in [-0.4, -0.2) is 21.1 Å². The molecule has 1 aromatic rings. The summed E-state index contributed by atoms with van der Waals surface area (Å²) in [6.45, 7) is 1.59. The Hall–Kier alpha value is -1.95. The summed E-state index contributed by atoms with van der Waals surface area (Å²) >= 11 is 0. The molecule has 0 heterocycles. The average Bonchev–Trinajstić information content (AvgIpc) is 2.15. The van der Waals surface area contributed by atoms with Crippen molar-refractivity contribution in [3.63, 3.8) is 0 Å². The first-order chi connectivity index (χ1) is 7.43. The number of nitro groups is 1. The Labute approximate surface area is 91.3 Å². The molecule has 0 saturated heterocycles. The molecule has 0 bridgehead atoms. The molecule has 1 aromatic carbocycles. The SMILES string of the molecule is Cc1cccc([N+](=O)[O-])c1C(O)CC(=O)O. The zero-order valence-corrected chi connectivity index (χ0v) is 8.58. The van der Waals surface area contributed by atoms with Crippen LogP contribution in [0.3, 0.4) is 0 Å². The lowest BCUT2D eigenvalue weighted by molar-refractivity contribution is -0.386. The predicted octanol–water partition coefficient (Wildman–Crippen LogP) is 1.41. The minimum Gasteiger partial charge on any atom is -0.481 e. The second-order valence-corrected chi connectivity index (χ2v) is 3.38. The Morgan fingerprint density at radius 3 is 2.69 bits per heavy atom. The van der Waals surface area contributed by atoms with Crippen molar-refractivity contribution in [2.75, 3.05) is 0 Å². The van der Waals surface area contributed by atoms with E-state index in [1.54, 1.807) is 13.0 Å². The van der Waals surface area contributed by atoms with Crippen LogP contribution in [-0.2, 0) is 4.79 Å². The van der Waals surface area contributed by atoms with Crippen molar-refractivity contribution in [1.29, 1.82) is 0 Å². The van der Waals surface area contributed by atoms with Crippen LogP contribution < -0.4 is 0 Å². The van der Waals surface area contributed by atoms with Crippen LogP contribution >= 0.6 is 0 Å². The number of hydrogen-bond donors (Lipinski definition) is 2. The Kier molecular flexibility index (Phi) is 3.57. The molecule has 16 heavy (non-hydrogen) atoms. The molecule has 0 saturated carbocycles. The van der Waals surface area contributed by atoms with E-state index in [4.69, 9.17) is 5.11 Å². The van der Waals surface area contributed by atoms with Crippen molar-refractivity contribution in [2.45, 2.75) is 19.4 Å². The molecule has 6 heteroatoms. The van der Waals surface area contributed by atoms with E-state index in [0.717, 1.165) is 0 Å². The molecule has 1 unspecified atom stereocenters. The molecule has 6 nitrogen and oxygen atoms in total. The Morgan fingerprint density at radius 2 is 2.19 bits per heavy atom. The van der Waals surface area contributed by atoms with Crippen LogP contribution in [0.5, 0.6) is 0 Å². The molecular formula is C10H11NO5. The van der Waals surface area contributed by atoms with Crippen LogP contribution in [0.4, 0.5) is 5.69 Å². The normalized spacial score (nSPS) is 12.1. The van der Waals surface area contributed by atoms with E-state index in [0.29, 0.717) is 5.56 Å². The highest BCUT2D eigenvalue weighted by Crippen LogP contribution is 2.29. The fourth-order valence-corrected chi connectivity index (χ4v) is 1.53. The number of rotatable bonds is 4. The summed E-state index contributed by atoms with van der Waals surface area (Å²) in [5, 5.41) is 28.9. The van der Waals surface area contributed by atoms with Gasteiger partial charge < -0.3 is 10.2 Å². The fraction of sp³-hybridized carbons (Fsp3) is 0.300. The number of nitro benzene ring substituents is 1. The van der Waals surface area contributed by atoms with Gasteiger partial charge in [-0.15, -0.1) is 0 Å². The number of carboxylic acid groups (broad SMARTS) is 1. The Balaban J connectivity index is 3.19. The molecule has 0 radical (unpaired) electrons. The van der Waals surface area contributed by atoms with Gasteiger partial charge in [0, 0.05) is 6.07 Å². The van der Waals surface area contributed by atoms with Crippen molar-refractivity contribution in [2.24, 2.45) is 0 Å². The van der Waals surface area contributed by atoms with Crippen molar-refractivity contribution in [1.82, 2.24) is 0 Å². The maximum absolute atomic E-state index is 10.7. The summed E-state index contributed by atoms with van der Waals surface area (Å²) in [6.07, 6.45) is -1.91. The first kappa shape index (κ1) is 12.1. The molecule has 0 aromatic heterocycles. The van der Waals surface area contributed by atoms with Crippen molar-refractivity contribution in [3.05, 3.63) is 39.4 Å². The number of aryl methyl sites for hydroxylation is 1. The number of carboxylic acids is 1. The monoisotopic (exact) mass is 225 g/mol. The largest absolute Gasteiger partial charge is 0.481 e. The minimum absolute atomic E-state index is 0.0647. The van der Waals surface area contributed by atoms with Gasteiger partial charge in [-0.25, -0.2) is 0 Å². The average molecular weight is 225 g/mol. The predicted molar refractivity (Wildman–Crippen MR) is 55.0 cm³/mol. The summed E-state index contributed by atoms with van der Waals surface area (Å²) in [6, 6.07) is 4.32. The molecular weight excluding hydrogens is 214 g/mol. The molecule has 0 amide bonds. The van der Waals surface area contributed by atoms with Crippen molar-refractivity contribution >= 4 is 11.7 Å². The summed E-state index contributed by atoms with van der Waals surface area (Å²) in [5.74, 6) is -1.20. The van der Waals surface area contributed by atoms with Crippen molar-refractivity contribution < 1.29 is 19.9 Å². The quantitative estimate of drug-likeness (QED) is 0.596. The third kappa shape index (κ3) is 2.54. The molecule has 0 aliphatic heterocycles. The number of aliphatic hydroxyl groups excluding tert-OH is 1. The van der Waals surface area contributed by atoms with Gasteiger partial charge in [-0.05, 0) is 12.5 Å². The van der Waals surface area contributed by atoms with Gasteiger partial charge >= 0.3 is 5.97 Å². The number of carbonyl (C=O) groups is 1. The van der Waals surface area contributed by atoms with Gasteiger partial charge in [-0.1, -0.05) is 12.1 Å². The molecule has 86 valence electrons. The van der Waals surface area contributed by atoms with E-state index < -0.39 is 23.4 Å². The van der Waals surface area contributed by atoms with Gasteiger partial charge in [0.15, 0.2) is 0 Å². The number of benzene rings is 1. The Morgan fingerprint density at radius 1 is 1.56 bits per heavy atom. The van der Waals surface area contributed by atoms with Crippen LogP contribution in [0.1, 0.15) is 23.7 Å². The maximum Gasteiger partial charge on any atom is 0.306 e. The topological polar surface area (TPSA) is 101 Å². The zero-order valence-electron chi connectivity index (χ0n) is 8.58. The Bertz CT molecular complexity index is 429. The number of aliphatic carboxylic acids is 1. The van der Waals surface area contributed by atoms with E-state index in [1.165, 1.54) is 12.1 Å². The molecule has 0 aliphatic carbocycles. The zero-order chi connectivity index (χ0) is 12.3. The van der Waals surface area contributed by atoms with Crippen LogP contribution in [0.25, 0.3) is 0 Å². The van der Waals surface area contributed by atoms with E-state index in [9.17, 15) is 20.0 Å². The number of hydrogen-bond acceptors (Lipinski definition) is 4. The molecule has 1 atom stereocenters. The van der Waals surface area contributed by atoms with Gasteiger partial charge in [0.05, 0.1) is 23.0 Å².